The van der Waals surface area contributed by atoms with E-state index in [-0.39, 0.29) is 0 Å². The molecule has 19 heavy (non-hydrogen) atoms. The SMILES string of the molecule is Brc1ccsc1CNCc1ccc2ccccc2n1. The van der Waals surface area contributed by atoms with Gasteiger partial charge in [-0.3, -0.25) is 4.98 Å². The second kappa shape index (κ2) is 5.82. The Morgan fingerprint density at radius 1 is 1.05 bits per heavy atom. The van der Waals surface area contributed by atoms with Crippen molar-refractivity contribution in [3.05, 3.63) is 62.9 Å². The predicted molar refractivity (Wildman–Crippen MR) is 84.3 cm³/mol. The first-order valence-corrected chi connectivity index (χ1v) is 7.77. The van der Waals surface area contributed by atoms with Gasteiger partial charge in [-0.15, -0.1) is 11.3 Å². The van der Waals surface area contributed by atoms with Crippen molar-refractivity contribution < 1.29 is 0 Å². The number of pyridine rings is 1. The van der Waals surface area contributed by atoms with Crippen molar-refractivity contribution in [1.82, 2.24) is 10.3 Å². The molecule has 3 aromatic rings. The van der Waals surface area contributed by atoms with Gasteiger partial charge in [-0.25, -0.2) is 0 Å². The highest BCUT2D eigenvalue weighted by molar-refractivity contribution is 9.10. The molecule has 0 aliphatic carbocycles. The standard InChI is InChI=1S/C15H13BrN2S/c16-13-7-8-19-15(13)10-17-9-12-6-5-11-3-1-2-4-14(11)18-12/h1-8,17H,9-10H2. The highest BCUT2D eigenvalue weighted by atomic mass is 79.9. The van der Waals surface area contributed by atoms with Gasteiger partial charge in [0.1, 0.15) is 0 Å². The minimum atomic E-state index is 0.787. The first-order valence-electron chi connectivity index (χ1n) is 6.10. The molecule has 1 N–H and O–H groups in total. The quantitative estimate of drug-likeness (QED) is 0.768. The average molecular weight is 333 g/mol. The largest absolute Gasteiger partial charge is 0.306 e. The number of fused-ring (bicyclic) bond motifs is 1. The smallest absolute Gasteiger partial charge is 0.0705 e. The van der Waals surface area contributed by atoms with Gasteiger partial charge in [-0.2, -0.15) is 0 Å². The van der Waals surface area contributed by atoms with Crippen LogP contribution >= 0.6 is 27.3 Å². The Kier molecular flexibility index (Phi) is 3.92. The molecule has 0 aliphatic rings. The summed E-state index contributed by atoms with van der Waals surface area (Å²) in [5, 5.41) is 6.71. The number of benzene rings is 1. The molecule has 0 saturated carbocycles. The van der Waals surface area contributed by atoms with Crippen LogP contribution in [-0.4, -0.2) is 4.98 Å². The summed E-state index contributed by atoms with van der Waals surface area (Å²) in [6.45, 7) is 1.65. The van der Waals surface area contributed by atoms with Crippen LogP contribution in [0.25, 0.3) is 10.9 Å². The Morgan fingerprint density at radius 2 is 1.95 bits per heavy atom. The summed E-state index contributed by atoms with van der Waals surface area (Å²) in [6.07, 6.45) is 0. The zero-order valence-electron chi connectivity index (χ0n) is 10.3. The minimum absolute atomic E-state index is 0.787. The van der Waals surface area contributed by atoms with E-state index in [0.717, 1.165) is 24.3 Å². The Morgan fingerprint density at radius 3 is 2.79 bits per heavy atom. The number of thiophene rings is 1. The second-order valence-corrected chi connectivity index (χ2v) is 6.15. The van der Waals surface area contributed by atoms with Crippen molar-refractivity contribution in [2.24, 2.45) is 0 Å². The molecule has 0 unspecified atom stereocenters. The molecule has 4 heteroatoms. The molecular formula is C15H13BrN2S. The number of nitrogens with zero attached hydrogens (tertiary/aromatic N) is 1. The number of aromatic nitrogens is 1. The van der Waals surface area contributed by atoms with Crippen molar-refractivity contribution >= 4 is 38.2 Å². The molecule has 3 rings (SSSR count). The molecule has 0 amide bonds. The van der Waals surface area contributed by atoms with E-state index in [4.69, 9.17) is 0 Å². The molecule has 0 spiro atoms. The molecule has 0 saturated heterocycles. The number of rotatable bonds is 4. The van der Waals surface area contributed by atoms with Gasteiger partial charge in [0.15, 0.2) is 0 Å². The van der Waals surface area contributed by atoms with Gasteiger partial charge in [0.05, 0.1) is 11.2 Å². The summed E-state index contributed by atoms with van der Waals surface area (Å²) in [7, 11) is 0. The number of hydrogen-bond donors (Lipinski definition) is 1. The van der Waals surface area contributed by atoms with E-state index in [1.807, 2.05) is 12.1 Å². The predicted octanol–water partition coefficient (Wildman–Crippen LogP) is 4.35. The molecule has 2 aromatic heterocycles. The topological polar surface area (TPSA) is 24.9 Å². The number of hydrogen-bond acceptors (Lipinski definition) is 3. The summed E-state index contributed by atoms with van der Waals surface area (Å²) >= 11 is 5.30. The van der Waals surface area contributed by atoms with Crippen LogP contribution in [0.2, 0.25) is 0 Å². The van der Waals surface area contributed by atoms with E-state index >= 15 is 0 Å². The summed E-state index contributed by atoms with van der Waals surface area (Å²) in [5.41, 5.74) is 2.13. The van der Waals surface area contributed by atoms with E-state index in [1.54, 1.807) is 11.3 Å². The molecule has 0 bridgehead atoms. The lowest BCUT2D eigenvalue weighted by Gasteiger charge is -2.05. The molecule has 2 heterocycles. The van der Waals surface area contributed by atoms with Crippen LogP contribution in [0.3, 0.4) is 0 Å². The lowest BCUT2D eigenvalue weighted by molar-refractivity contribution is 0.687. The summed E-state index contributed by atoms with van der Waals surface area (Å²) < 4.78 is 1.18. The van der Waals surface area contributed by atoms with Gasteiger partial charge in [0.25, 0.3) is 0 Å². The maximum Gasteiger partial charge on any atom is 0.0705 e. The van der Waals surface area contributed by atoms with Gasteiger partial charge in [0, 0.05) is 27.8 Å². The molecule has 0 aliphatic heterocycles. The molecule has 0 fully saturated rings. The van der Waals surface area contributed by atoms with Crippen molar-refractivity contribution in [1.29, 1.82) is 0 Å². The Hall–Kier alpha value is -1.23. The average Bonchev–Trinajstić information content (AvgIpc) is 2.84. The fraction of sp³-hybridized carbons (Fsp3) is 0.133. The summed E-state index contributed by atoms with van der Waals surface area (Å²) in [4.78, 5) is 5.97. The molecule has 1 aromatic carbocycles. The first kappa shape index (κ1) is 12.8. The molecule has 96 valence electrons. The Balaban J connectivity index is 1.67. The maximum absolute atomic E-state index is 4.65. The molecule has 0 atom stereocenters. The normalized spacial score (nSPS) is 11.0. The van der Waals surface area contributed by atoms with E-state index in [2.05, 4.69) is 61.9 Å². The first-order chi connectivity index (χ1) is 9.33. The number of halogens is 1. The lowest BCUT2D eigenvalue weighted by atomic mass is 10.2. The van der Waals surface area contributed by atoms with Crippen LogP contribution < -0.4 is 5.32 Å². The fourth-order valence-electron chi connectivity index (χ4n) is 1.96. The summed E-state index contributed by atoms with van der Waals surface area (Å²) in [6, 6.07) is 14.5. The van der Waals surface area contributed by atoms with Crippen LogP contribution in [0.4, 0.5) is 0 Å². The van der Waals surface area contributed by atoms with E-state index in [0.29, 0.717) is 0 Å². The lowest BCUT2D eigenvalue weighted by Crippen LogP contribution is -2.13. The van der Waals surface area contributed by atoms with Crippen molar-refractivity contribution in [2.75, 3.05) is 0 Å². The summed E-state index contributed by atoms with van der Waals surface area (Å²) in [5.74, 6) is 0. The van der Waals surface area contributed by atoms with Crippen molar-refractivity contribution in [3.63, 3.8) is 0 Å². The molecular weight excluding hydrogens is 320 g/mol. The highest BCUT2D eigenvalue weighted by Crippen LogP contribution is 2.22. The van der Waals surface area contributed by atoms with E-state index in [1.165, 1.54) is 14.7 Å². The number of para-hydroxylation sites is 1. The van der Waals surface area contributed by atoms with Crippen LogP contribution in [0.15, 0.2) is 52.3 Å². The van der Waals surface area contributed by atoms with E-state index in [9.17, 15) is 0 Å². The monoisotopic (exact) mass is 332 g/mol. The van der Waals surface area contributed by atoms with Crippen LogP contribution in [0.5, 0.6) is 0 Å². The van der Waals surface area contributed by atoms with Crippen LogP contribution in [-0.2, 0) is 13.1 Å². The third kappa shape index (κ3) is 3.03. The number of nitrogens with one attached hydrogen (secondary N) is 1. The van der Waals surface area contributed by atoms with Crippen LogP contribution in [0, 0.1) is 0 Å². The third-order valence-electron chi connectivity index (χ3n) is 2.94. The second-order valence-electron chi connectivity index (χ2n) is 4.29. The maximum atomic E-state index is 4.65. The fourth-order valence-corrected chi connectivity index (χ4v) is 3.42. The molecule has 2 nitrogen and oxygen atoms in total. The highest BCUT2D eigenvalue weighted by Gasteiger charge is 2.01. The Bertz CT molecular complexity index is 693. The van der Waals surface area contributed by atoms with Gasteiger partial charge in [0.2, 0.25) is 0 Å². The third-order valence-corrected chi connectivity index (χ3v) is 4.87. The van der Waals surface area contributed by atoms with Gasteiger partial charge >= 0.3 is 0 Å². The minimum Gasteiger partial charge on any atom is -0.306 e. The van der Waals surface area contributed by atoms with Gasteiger partial charge < -0.3 is 5.32 Å². The molecule has 0 radical (unpaired) electrons. The van der Waals surface area contributed by atoms with Gasteiger partial charge in [-0.1, -0.05) is 24.3 Å². The Labute approximate surface area is 124 Å². The van der Waals surface area contributed by atoms with Crippen LogP contribution in [0.1, 0.15) is 10.6 Å². The zero-order valence-corrected chi connectivity index (χ0v) is 12.7. The zero-order chi connectivity index (χ0) is 13.1. The van der Waals surface area contributed by atoms with E-state index < -0.39 is 0 Å². The van der Waals surface area contributed by atoms with Crippen molar-refractivity contribution in [3.8, 4) is 0 Å². The van der Waals surface area contributed by atoms with Crippen molar-refractivity contribution in [2.45, 2.75) is 13.1 Å². The van der Waals surface area contributed by atoms with Gasteiger partial charge in [-0.05, 0) is 39.5 Å².